The molecule has 0 heterocycles. The molecule has 0 spiro atoms. The average Bonchev–Trinajstić information content (AvgIpc) is 2.56. The second kappa shape index (κ2) is 7.58. The van der Waals surface area contributed by atoms with E-state index in [2.05, 4.69) is 5.32 Å². The third kappa shape index (κ3) is 4.42. The molecule has 0 aromatic heterocycles. The van der Waals surface area contributed by atoms with E-state index in [1.54, 1.807) is 25.3 Å². The van der Waals surface area contributed by atoms with Gasteiger partial charge in [-0.1, -0.05) is 0 Å². The Morgan fingerprint density at radius 1 is 1.09 bits per heavy atom. The SMILES string of the molecule is COc1ccc(OC)c(CCC(=O)Nc2cc(F)ccc2F)c1. The molecule has 0 aliphatic rings. The molecule has 2 rings (SSSR count). The first kappa shape index (κ1) is 16.7. The van der Waals surface area contributed by atoms with Crippen LogP contribution in [0, 0.1) is 11.6 Å². The van der Waals surface area contributed by atoms with Gasteiger partial charge in [0.15, 0.2) is 0 Å². The highest BCUT2D eigenvalue weighted by Gasteiger charge is 2.11. The molecule has 0 bridgehead atoms. The number of anilines is 1. The number of hydrogen-bond donors (Lipinski definition) is 1. The van der Waals surface area contributed by atoms with Gasteiger partial charge >= 0.3 is 0 Å². The minimum atomic E-state index is -0.682. The lowest BCUT2D eigenvalue weighted by Gasteiger charge is -2.11. The summed E-state index contributed by atoms with van der Waals surface area (Å²) >= 11 is 0. The summed E-state index contributed by atoms with van der Waals surface area (Å²) in [7, 11) is 3.08. The van der Waals surface area contributed by atoms with Crippen LogP contribution < -0.4 is 14.8 Å². The van der Waals surface area contributed by atoms with Crippen molar-refractivity contribution in [2.75, 3.05) is 19.5 Å². The molecular formula is C17H17F2NO3. The van der Waals surface area contributed by atoms with Crippen molar-refractivity contribution >= 4 is 11.6 Å². The maximum atomic E-state index is 13.5. The van der Waals surface area contributed by atoms with Crippen molar-refractivity contribution in [1.82, 2.24) is 0 Å². The number of halogens is 2. The van der Waals surface area contributed by atoms with Crippen molar-refractivity contribution < 1.29 is 23.0 Å². The maximum absolute atomic E-state index is 13.5. The molecule has 6 heteroatoms. The minimum absolute atomic E-state index is 0.0967. The molecule has 0 unspecified atom stereocenters. The van der Waals surface area contributed by atoms with Crippen LogP contribution in [-0.2, 0) is 11.2 Å². The van der Waals surface area contributed by atoms with E-state index in [9.17, 15) is 13.6 Å². The molecular weight excluding hydrogens is 304 g/mol. The summed E-state index contributed by atoms with van der Waals surface area (Å²) in [5.41, 5.74) is 0.620. The third-order valence-corrected chi connectivity index (χ3v) is 3.31. The summed E-state index contributed by atoms with van der Waals surface area (Å²) in [4.78, 5) is 11.9. The van der Waals surface area contributed by atoms with Crippen molar-refractivity contribution in [3.05, 3.63) is 53.6 Å². The summed E-state index contributed by atoms with van der Waals surface area (Å²) < 4.78 is 36.9. The molecule has 0 atom stereocenters. The standard InChI is InChI=1S/C17H17F2NO3/c1-22-13-5-7-16(23-2)11(9-13)3-8-17(21)20-15-10-12(18)4-6-14(15)19/h4-7,9-10H,3,8H2,1-2H3,(H,20,21). The van der Waals surface area contributed by atoms with Gasteiger partial charge in [-0.15, -0.1) is 0 Å². The molecule has 2 aromatic rings. The van der Waals surface area contributed by atoms with Crippen LogP contribution in [0.2, 0.25) is 0 Å². The van der Waals surface area contributed by atoms with E-state index in [0.717, 1.165) is 23.8 Å². The quantitative estimate of drug-likeness (QED) is 0.885. The smallest absolute Gasteiger partial charge is 0.224 e. The lowest BCUT2D eigenvalue weighted by atomic mass is 10.1. The number of amides is 1. The summed E-state index contributed by atoms with van der Waals surface area (Å²) in [6.07, 6.45) is 0.475. The second-order valence-corrected chi connectivity index (χ2v) is 4.85. The third-order valence-electron chi connectivity index (χ3n) is 3.31. The van der Waals surface area contributed by atoms with Crippen LogP contribution in [0.15, 0.2) is 36.4 Å². The Morgan fingerprint density at radius 2 is 1.87 bits per heavy atom. The molecule has 1 amide bonds. The normalized spacial score (nSPS) is 10.3. The number of nitrogens with one attached hydrogen (secondary N) is 1. The second-order valence-electron chi connectivity index (χ2n) is 4.85. The molecule has 4 nitrogen and oxygen atoms in total. The first-order valence-corrected chi connectivity index (χ1v) is 6.99. The van der Waals surface area contributed by atoms with Gasteiger partial charge < -0.3 is 14.8 Å². The van der Waals surface area contributed by atoms with E-state index in [4.69, 9.17) is 9.47 Å². The predicted octanol–water partition coefficient (Wildman–Crippen LogP) is 3.55. The predicted molar refractivity (Wildman–Crippen MR) is 82.9 cm³/mol. The van der Waals surface area contributed by atoms with Crippen LogP contribution in [0.1, 0.15) is 12.0 Å². The fourth-order valence-electron chi connectivity index (χ4n) is 2.13. The van der Waals surface area contributed by atoms with Crippen LogP contribution in [0.25, 0.3) is 0 Å². The van der Waals surface area contributed by atoms with Crippen LogP contribution in [0.5, 0.6) is 11.5 Å². The van der Waals surface area contributed by atoms with Crippen LogP contribution in [-0.4, -0.2) is 20.1 Å². The number of carbonyl (C=O) groups is 1. The molecule has 0 saturated heterocycles. The molecule has 23 heavy (non-hydrogen) atoms. The fraction of sp³-hybridized carbons (Fsp3) is 0.235. The minimum Gasteiger partial charge on any atom is -0.497 e. The number of aryl methyl sites for hydroxylation is 1. The first-order valence-electron chi connectivity index (χ1n) is 6.99. The molecule has 0 fully saturated rings. The number of methoxy groups -OCH3 is 2. The van der Waals surface area contributed by atoms with Crippen molar-refractivity contribution in [3.8, 4) is 11.5 Å². The highest BCUT2D eigenvalue weighted by atomic mass is 19.1. The Labute approximate surface area is 133 Å². The zero-order valence-electron chi connectivity index (χ0n) is 12.9. The molecule has 2 aromatic carbocycles. The van der Waals surface area contributed by atoms with Gasteiger partial charge in [-0.05, 0) is 42.3 Å². The lowest BCUT2D eigenvalue weighted by Crippen LogP contribution is -2.14. The van der Waals surface area contributed by atoms with Gasteiger partial charge in [0.25, 0.3) is 0 Å². The van der Waals surface area contributed by atoms with Crippen molar-refractivity contribution in [3.63, 3.8) is 0 Å². The zero-order chi connectivity index (χ0) is 16.8. The summed E-state index contributed by atoms with van der Waals surface area (Å²) in [6.45, 7) is 0. The maximum Gasteiger partial charge on any atom is 0.224 e. The highest BCUT2D eigenvalue weighted by Crippen LogP contribution is 2.25. The molecule has 0 saturated carbocycles. The Balaban J connectivity index is 2.03. The van der Waals surface area contributed by atoms with Gasteiger partial charge in [-0.2, -0.15) is 0 Å². The number of hydrogen-bond acceptors (Lipinski definition) is 3. The van der Waals surface area contributed by atoms with Gasteiger partial charge in [-0.3, -0.25) is 4.79 Å². The largest absolute Gasteiger partial charge is 0.497 e. The van der Waals surface area contributed by atoms with Gasteiger partial charge in [-0.25, -0.2) is 8.78 Å². The molecule has 0 aliphatic heterocycles. The molecule has 0 radical (unpaired) electrons. The van der Waals surface area contributed by atoms with Crippen LogP contribution in [0.4, 0.5) is 14.5 Å². The lowest BCUT2D eigenvalue weighted by molar-refractivity contribution is -0.116. The monoisotopic (exact) mass is 321 g/mol. The Kier molecular flexibility index (Phi) is 5.51. The highest BCUT2D eigenvalue weighted by molar-refractivity contribution is 5.91. The molecule has 0 aliphatic carbocycles. The Hall–Kier alpha value is -2.63. The van der Waals surface area contributed by atoms with Gasteiger partial charge in [0.05, 0.1) is 19.9 Å². The van der Waals surface area contributed by atoms with Crippen LogP contribution >= 0.6 is 0 Å². The summed E-state index contributed by atoms with van der Waals surface area (Å²) in [5.74, 6) is -0.429. The van der Waals surface area contributed by atoms with E-state index in [1.165, 1.54) is 7.11 Å². The van der Waals surface area contributed by atoms with Crippen LogP contribution in [0.3, 0.4) is 0 Å². The van der Waals surface area contributed by atoms with E-state index in [0.29, 0.717) is 17.9 Å². The van der Waals surface area contributed by atoms with E-state index in [1.807, 2.05) is 0 Å². The number of rotatable bonds is 6. The zero-order valence-corrected chi connectivity index (χ0v) is 12.9. The van der Waals surface area contributed by atoms with Crippen molar-refractivity contribution in [1.29, 1.82) is 0 Å². The van der Waals surface area contributed by atoms with E-state index >= 15 is 0 Å². The Bertz CT molecular complexity index is 704. The van der Waals surface area contributed by atoms with E-state index in [-0.39, 0.29) is 12.1 Å². The summed E-state index contributed by atoms with van der Waals surface area (Å²) in [6, 6.07) is 8.18. The van der Waals surface area contributed by atoms with Gasteiger partial charge in [0.2, 0.25) is 5.91 Å². The number of benzene rings is 2. The Morgan fingerprint density at radius 3 is 2.57 bits per heavy atom. The fourth-order valence-corrected chi connectivity index (χ4v) is 2.13. The van der Waals surface area contributed by atoms with Gasteiger partial charge in [0, 0.05) is 12.5 Å². The van der Waals surface area contributed by atoms with Crippen molar-refractivity contribution in [2.45, 2.75) is 12.8 Å². The van der Waals surface area contributed by atoms with Crippen molar-refractivity contribution in [2.24, 2.45) is 0 Å². The molecule has 1 N–H and O–H groups in total. The topological polar surface area (TPSA) is 47.6 Å². The van der Waals surface area contributed by atoms with E-state index < -0.39 is 17.5 Å². The van der Waals surface area contributed by atoms with Gasteiger partial charge in [0.1, 0.15) is 23.1 Å². The number of carbonyl (C=O) groups excluding carboxylic acids is 1. The number of ether oxygens (including phenoxy) is 2. The average molecular weight is 321 g/mol. The molecule has 122 valence electrons. The first-order chi connectivity index (χ1) is 11.0. The summed E-state index contributed by atoms with van der Waals surface area (Å²) in [5, 5.41) is 2.36.